The van der Waals surface area contributed by atoms with Crippen molar-refractivity contribution in [1.82, 2.24) is 0 Å². The third-order valence-electron chi connectivity index (χ3n) is 3.47. The van der Waals surface area contributed by atoms with Gasteiger partial charge < -0.3 is 10.5 Å². The highest BCUT2D eigenvalue weighted by atomic mass is 79.9. The zero-order chi connectivity index (χ0) is 11.6. The molecule has 2 rings (SSSR count). The summed E-state index contributed by atoms with van der Waals surface area (Å²) in [5.41, 5.74) is 7.57. The first-order valence-electron chi connectivity index (χ1n) is 5.79. The van der Waals surface area contributed by atoms with Crippen molar-refractivity contribution in [1.29, 1.82) is 0 Å². The molecule has 16 heavy (non-hydrogen) atoms. The predicted molar refractivity (Wildman–Crippen MR) is 69.6 cm³/mol. The lowest BCUT2D eigenvalue weighted by Gasteiger charge is -2.34. The fourth-order valence-corrected chi connectivity index (χ4v) is 2.99. The van der Waals surface area contributed by atoms with Crippen LogP contribution in [0.3, 0.4) is 0 Å². The number of halogens is 1. The molecule has 1 aromatic rings. The second-order valence-corrected chi connectivity index (χ2v) is 5.42. The summed E-state index contributed by atoms with van der Waals surface area (Å²) in [7, 11) is 1.68. The van der Waals surface area contributed by atoms with Gasteiger partial charge in [0.25, 0.3) is 0 Å². The summed E-state index contributed by atoms with van der Waals surface area (Å²) in [5.74, 6) is 0.864. The Bertz CT molecular complexity index is 372. The molecule has 0 spiro atoms. The van der Waals surface area contributed by atoms with Crippen LogP contribution in [-0.2, 0) is 5.54 Å². The highest BCUT2D eigenvalue weighted by molar-refractivity contribution is 9.10. The molecule has 1 saturated carbocycles. The van der Waals surface area contributed by atoms with Crippen molar-refractivity contribution in [3.05, 3.63) is 28.2 Å². The molecule has 0 bridgehead atoms. The average molecular weight is 284 g/mol. The molecule has 0 unspecified atom stereocenters. The number of rotatable bonds is 2. The van der Waals surface area contributed by atoms with Crippen molar-refractivity contribution in [2.75, 3.05) is 7.11 Å². The molecule has 2 N–H and O–H groups in total. The smallest absolute Gasteiger partial charge is 0.133 e. The van der Waals surface area contributed by atoms with Gasteiger partial charge in [0.15, 0.2) is 0 Å². The van der Waals surface area contributed by atoms with Gasteiger partial charge in [0.1, 0.15) is 5.75 Å². The van der Waals surface area contributed by atoms with E-state index in [0.29, 0.717) is 0 Å². The minimum Gasteiger partial charge on any atom is -0.496 e. The molecule has 0 radical (unpaired) electrons. The molecule has 0 atom stereocenters. The first-order chi connectivity index (χ1) is 7.65. The minimum atomic E-state index is -0.132. The Balaban J connectivity index is 2.29. The quantitative estimate of drug-likeness (QED) is 0.901. The Morgan fingerprint density at radius 2 is 1.94 bits per heavy atom. The fraction of sp³-hybridized carbons (Fsp3) is 0.538. The van der Waals surface area contributed by atoms with E-state index in [1.54, 1.807) is 7.11 Å². The lowest BCUT2D eigenvalue weighted by Crippen LogP contribution is -2.38. The molecule has 0 saturated heterocycles. The molecule has 2 nitrogen and oxygen atoms in total. The van der Waals surface area contributed by atoms with E-state index < -0.39 is 0 Å². The zero-order valence-corrected chi connectivity index (χ0v) is 11.2. The Morgan fingerprint density at radius 1 is 1.25 bits per heavy atom. The highest BCUT2D eigenvalue weighted by Gasteiger charge is 2.29. The van der Waals surface area contributed by atoms with Crippen LogP contribution in [0.1, 0.15) is 37.7 Å². The van der Waals surface area contributed by atoms with Gasteiger partial charge in [0.2, 0.25) is 0 Å². The summed E-state index contributed by atoms with van der Waals surface area (Å²) in [5, 5.41) is 0. The van der Waals surface area contributed by atoms with Gasteiger partial charge in [-0.15, -0.1) is 0 Å². The SMILES string of the molecule is COc1ccc(C2(N)CCCCC2)cc1Br. The Morgan fingerprint density at radius 3 is 2.50 bits per heavy atom. The topological polar surface area (TPSA) is 35.2 Å². The lowest BCUT2D eigenvalue weighted by atomic mass is 9.77. The summed E-state index contributed by atoms with van der Waals surface area (Å²) >= 11 is 3.52. The van der Waals surface area contributed by atoms with E-state index in [-0.39, 0.29) is 5.54 Å². The fourth-order valence-electron chi connectivity index (χ4n) is 2.45. The van der Waals surface area contributed by atoms with Crippen LogP contribution in [0.4, 0.5) is 0 Å². The highest BCUT2D eigenvalue weighted by Crippen LogP contribution is 2.37. The summed E-state index contributed by atoms with van der Waals surface area (Å²) in [4.78, 5) is 0. The maximum absolute atomic E-state index is 6.48. The van der Waals surface area contributed by atoms with Crippen molar-refractivity contribution in [2.45, 2.75) is 37.6 Å². The predicted octanol–water partition coefficient (Wildman–Crippen LogP) is 3.58. The number of methoxy groups -OCH3 is 1. The van der Waals surface area contributed by atoms with Crippen LogP contribution in [0.5, 0.6) is 5.75 Å². The summed E-state index contributed by atoms with van der Waals surface area (Å²) in [6.45, 7) is 0. The van der Waals surface area contributed by atoms with Gasteiger partial charge in [0, 0.05) is 5.54 Å². The van der Waals surface area contributed by atoms with Gasteiger partial charge in [-0.3, -0.25) is 0 Å². The molecule has 88 valence electrons. The third-order valence-corrected chi connectivity index (χ3v) is 4.09. The van der Waals surface area contributed by atoms with Crippen molar-refractivity contribution < 1.29 is 4.74 Å². The van der Waals surface area contributed by atoms with Gasteiger partial charge in [-0.05, 0) is 46.5 Å². The molecule has 3 heteroatoms. The molecule has 1 aliphatic carbocycles. The maximum Gasteiger partial charge on any atom is 0.133 e. The Kier molecular flexibility index (Phi) is 3.55. The van der Waals surface area contributed by atoms with Crippen molar-refractivity contribution in [3.8, 4) is 5.75 Å². The normalized spacial score (nSPS) is 19.4. The van der Waals surface area contributed by atoms with Crippen molar-refractivity contribution in [3.63, 3.8) is 0 Å². The summed E-state index contributed by atoms with van der Waals surface area (Å²) < 4.78 is 6.22. The van der Waals surface area contributed by atoms with Crippen LogP contribution in [0.15, 0.2) is 22.7 Å². The first kappa shape index (κ1) is 11.9. The Hall–Kier alpha value is -0.540. The van der Waals surface area contributed by atoms with Crippen LogP contribution in [0.25, 0.3) is 0 Å². The van der Waals surface area contributed by atoms with E-state index >= 15 is 0 Å². The van der Waals surface area contributed by atoms with E-state index in [9.17, 15) is 0 Å². The molecular formula is C13H18BrNO. The van der Waals surface area contributed by atoms with Gasteiger partial charge in [0.05, 0.1) is 11.6 Å². The maximum atomic E-state index is 6.48. The van der Waals surface area contributed by atoms with Crippen LogP contribution in [0.2, 0.25) is 0 Å². The average Bonchev–Trinajstić information content (AvgIpc) is 2.30. The first-order valence-corrected chi connectivity index (χ1v) is 6.58. The Labute approximate surface area is 105 Å². The number of ether oxygens (including phenoxy) is 1. The molecule has 1 fully saturated rings. The van der Waals surface area contributed by atoms with E-state index in [0.717, 1.165) is 23.1 Å². The number of hydrogen-bond acceptors (Lipinski definition) is 2. The molecule has 0 heterocycles. The molecule has 0 aliphatic heterocycles. The lowest BCUT2D eigenvalue weighted by molar-refractivity contribution is 0.302. The largest absolute Gasteiger partial charge is 0.496 e. The third kappa shape index (κ3) is 2.25. The minimum absolute atomic E-state index is 0.132. The number of nitrogens with two attached hydrogens (primary N) is 1. The monoisotopic (exact) mass is 283 g/mol. The molecule has 1 aromatic carbocycles. The van der Waals surface area contributed by atoms with Crippen LogP contribution < -0.4 is 10.5 Å². The zero-order valence-electron chi connectivity index (χ0n) is 9.63. The summed E-state index contributed by atoms with van der Waals surface area (Å²) in [6, 6.07) is 6.18. The number of benzene rings is 1. The second-order valence-electron chi connectivity index (χ2n) is 4.57. The molecule has 1 aliphatic rings. The van der Waals surface area contributed by atoms with Gasteiger partial charge >= 0.3 is 0 Å². The van der Waals surface area contributed by atoms with Crippen molar-refractivity contribution in [2.24, 2.45) is 5.73 Å². The van der Waals surface area contributed by atoms with Crippen LogP contribution in [-0.4, -0.2) is 7.11 Å². The van der Waals surface area contributed by atoms with Gasteiger partial charge in [-0.25, -0.2) is 0 Å². The van der Waals surface area contributed by atoms with Crippen LogP contribution >= 0.6 is 15.9 Å². The molecule has 0 aromatic heterocycles. The standard InChI is InChI=1S/C13H18BrNO/c1-16-12-6-5-10(9-11(12)14)13(15)7-3-2-4-8-13/h5-6,9H,2-4,7-8,15H2,1H3. The number of hydrogen-bond donors (Lipinski definition) is 1. The van der Waals surface area contributed by atoms with Gasteiger partial charge in [-0.2, -0.15) is 0 Å². The second kappa shape index (κ2) is 4.76. The van der Waals surface area contributed by atoms with Gasteiger partial charge in [-0.1, -0.05) is 25.3 Å². The van der Waals surface area contributed by atoms with Crippen molar-refractivity contribution >= 4 is 15.9 Å². The molecular weight excluding hydrogens is 266 g/mol. The van der Waals surface area contributed by atoms with Crippen LogP contribution in [0, 0.1) is 0 Å². The van der Waals surface area contributed by atoms with E-state index in [4.69, 9.17) is 10.5 Å². The summed E-state index contributed by atoms with van der Waals surface area (Å²) in [6.07, 6.45) is 5.97. The van der Waals surface area contributed by atoms with E-state index in [1.807, 2.05) is 6.07 Å². The molecule has 0 amide bonds. The van der Waals surface area contributed by atoms with E-state index in [2.05, 4.69) is 28.1 Å². The van der Waals surface area contributed by atoms with E-state index in [1.165, 1.54) is 24.8 Å².